The molecule has 1 saturated heterocycles. The Morgan fingerprint density at radius 1 is 1.10 bits per heavy atom. The summed E-state index contributed by atoms with van der Waals surface area (Å²) >= 11 is 0. The van der Waals surface area contributed by atoms with E-state index in [1.165, 1.54) is 5.69 Å². The molecule has 118 valence electrons. The molecule has 0 radical (unpaired) electrons. The number of nitrogens with one attached hydrogen (secondary N) is 1. The Hall–Kier alpha value is -1.26. The van der Waals surface area contributed by atoms with E-state index in [0.717, 1.165) is 38.5 Å². The van der Waals surface area contributed by atoms with Crippen molar-refractivity contribution in [2.45, 2.75) is 19.9 Å². The van der Waals surface area contributed by atoms with Gasteiger partial charge in [-0.15, -0.1) is 0 Å². The SMILES string of the molecule is CNCC(C)C(C)N1CCN(c2ccc(OC)cc2)CC1. The minimum Gasteiger partial charge on any atom is -0.497 e. The second kappa shape index (κ2) is 7.66. The third-order valence-electron chi connectivity index (χ3n) is 4.68. The highest BCUT2D eigenvalue weighted by molar-refractivity contribution is 5.49. The minimum absolute atomic E-state index is 0.635. The van der Waals surface area contributed by atoms with Gasteiger partial charge in [-0.05, 0) is 50.7 Å². The Kier molecular flexibility index (Phi) is 5.88. The van der Waals surface area contributed by atoms with Crippen LogP contribution in [0.2, 0.25) is 0 Å². The summed E-state index contributed by atoms with van der Waals surface area (Å²) in [5, 5.41) is 3.28. The molecule has 0 aromatic heterocycles. The van der Waals surface area contributed by atoms with Crippen LogP contribution in [-0.2, 0) is 0 Å². The van der Waals surface area contributed by atoms with Gasteiger partial charge in [-0.3, -0.25) is 4.90 Å². The third-order valence-corrected chi connectivity index (χ3v) is 4.68. The first-order valence-corrected chi connectivity index (χ1v) is 7.93. The number of methoxy groups -OCH3 is 1. The Bertz CT molecular complexity index is 413. The predicted octanol–water partition coefficient (Wildman–Crippen LogP) is 2.06. The van der Waals surface area contributed by atoms with Gasteiger partial charge in [0.1, 0.15) is 5.75 Å². The molecule has 21 heavy (non-hydrogen) atoms. The first-order valence-electron chi connectivity index (χ1n) is 7.93. The van der Waals surface area contributed by atoms with E-state index in [1.807, 2.05) is 19.2 Å². The van der Waals surface area contributed by atoms with Crippen molar-refractivity contribution in [2.24, 2.45) is 5.92 Å². The zero-order valence-electron chi connectivity index (χ0n) is 13.8. The highest BCUT2D eigenvalue weighted by Gasteiger charge is 2.24. The molecule has 1 aliphatic rings. The topological polar surface area (TPSA) is 27.7 Å². The summed E-state index contributed by atoms with van der Waals surface area (Å²) in [4.78, 5) is 5.08. The molecule has 0 saturated carbocycles. The maximum absolute atomic E-state index is 5.22. The Balaban J connectivity index is 1.87. The molecule has 0 aliphatic carbocycles. The molecule has 4 nitrogen and oxygen atoms in total. The number of anilines is 1. The zero-order chi connectivity index (χ0) is 15.2. The van der Waals surface area contributed by atoms with E-state index in [-0.39, 0.29) is 0 Å². The van der Waals surface area contributed by atoms with Crippen molar-refractivity contribution < 1.29 is 4.74 Å². The highest BCUT2D eigenvalue weighted by atomic mass is 16.5. The van der Waals surface area contributed by atoms with Gasteiger partial charge < -0.3 is 15.0 Å². The number of piperazine rings is 1. The molecule has 1 aromatic rings. The largest absolute Gasteiger partial charge is 0.497 e. The first kappa shape index (κ1) is 16.1. The molecule has 4 heteroatoms. The quantitative estimate of drug-likeness (QED) is 0.868. The Morgan fingerprint density at radius 2 is 1.71 bits per heavy atom. The fourth-order valence-corrected chi connectivity index (χ4v) is 3.03. The van der Waals surface area contributed by atoms with Crippen molar-refractivity contribution in [3.05, 3.63) is 24.3 Å². The molecule has 0 bridgehead atoms. The van der Waals surface area contributed by atoms with E-state index >= 15 is 0 Å². The van der Waals surface area contributed by atoms with E-state index < -0.39 is 0 Å². The van der Waals surface area contributed by atoms with E-state index in [0.29, 0.717) is 12.0 Å². The molecule has 1 N–H and O–H groups in total. The van der Waals surface area contributed by atoms with Gasteiger partial charge in [-0.2, -0.15) is 0 Å². The van der Waals surface area contributed by atoms with Gasteiger partial charge in [0.2, 0.25) is 0 Å². The van der Waals surface area contributed by atoms with Crippen LogP contribution in [0.1, 0.15) is 13.8 Å². The number of nitrogens with zero attached hydrogens (tertiary/aromatic N) is 2. The van der Waals surface area contributed by atoms with Crippen molar-refractivity contribution in [3.8, 4) is 5.75 Å². The van der Waals surface area contributed by atoms with Crippen LogP contribution in [0, 0.1) is 5.92 Å². The third kappa shape index (κ3) is 4.11. The molecular formula is C17H29N3O. The number of hydrogen-bond acceptors (Lipinski definition) is 4. The summed E-state index contributed by atoms with van der Waals surface area (Å²) < 4.78 is 5.22. The number of ether oxygens (including phenoxy) is 1. The Morgan fingerprint density at radius 3 is 2.24 bits per heavy atom. The lowest BCUT2D eigenvalue weighted by atomic mass is 10.0. The minimum atomic E-state index is 0.635. The monoisotopic (exact) mass is 291 g/mol. The molecule has 0 spiro atoms. The average Bonchev–Trinajstić information content (AvgIpc) is 2.54. The van der Waals surface area contributed by atoms with Crippen LogP contribution in [0.4, 0.5) is 5.69 Å². The molecule has 1 aromatic carbocycles. The molecule has 1 fully saturated rings. The van der Waals surface area contributed by atoms with Gasteiger partial charge in [0.15, 0.2) is 0 Å². The highest BCUT2D eigenvalue weighted by Crippen LogP contribution is 2.21. The second-order valence-corrected chi connectivity index (χ2v) is 6.00. The van der Waals surface area contributed by atoms with Crippen LogP contribution in [0.15, 0.2) is 24.3 Å². The fraction of sp³-hybridized carbons (Fsp3) is 0.647. The van der Waals surface area contributed by atoms with Gasteiger partial charge >= 0.3 is 0 Å². The van der Waals surface area contributed by atoms with Gasteiger partial charge in [0.05, 0.1) is 7.11 Å². The van der Waals surface area contributed by atoms with Gasteiger partial charge in [-0.1, -0.05) is 6.92 Å². The smallest absolute Gasteiger partial charge is 0.119 e. The van der Waals surface area contributed by atoms with Crippen LogP contribution < -0.4 is 15.0 Å². The summed E-state index contributed by atoms with van der Waals surface area (Å²) in [6.07, 6.45) is 0. The molecular weight excluding hydrogens is 262 g/mol. The van der Waals surface area contributed by atoms with Crippen molar-refractivity contribution in [3.63, 3.8) is 0 Å². The van der Waals surface area contributed by atoms with Crippen molar-refractivity contribution >= 4 is 5.69 Å². The number of benzene rings is 1. The lowest BCUT2D eigenvalue weighted by molar-refractivity contribution is 0.152. The zero-order valence-corrected chi connectivity index (χ0v) is 13.8. The molecule has 2 atom stereocenters. The van der Waals surface area contributed by atoms with Crippen LogP contribution in [-0.4, -0.2) is 57.8 Å². The Labute approximate surface area is 129 Å². The summed E-state index contributed by atoms with van der Waals surface area (Å²) in [5.74, 6) is 1.61. The molecule has 1 aliphatic heterocycles. The van der Waals surface area contributed by atoms with Crippen LogP contribution >= 0.6 is 0 Å². The van der Waals surface area contributed by atoms with E-state index in [4.69, 9.17) is 4.74 Å². The van der Waals surface area contributed by atoms with Gasteiger partial charge in [-0.25, -0.2) is 0 Å². The van der Waals surface area contributed by atoms with Crippen molar-refractivity contribution in [2.75, 3.05) is 51.8 Å². The van der Waals surface area contributed by atoms with Gasteiger partial charge in [0.25, 0.3) is 0 Å². The maximum Gasteiger partial charge on any atom is 0.119 e. The van der Waals surface area contributed by atoms with E-state index in [1.54, 1.807) is 7.11 Å². The number of hydrogen-bond donors (Lipinski definition) is 1. The van der Waals surface area contributed by atoms with Crippen LogP contribution in [0.5, 0.6) is 5.75 Å². The summed E-state index contributed by atoms with van der Waals surface area (Å²) in [6.45, 7) is 10.2. The van der Waals surface area contributed by atoms with E-state index in [2.05, 4.69) is 41.1 Å². The van der Waals surface area contributed by atoms with Crippen molar-refractivity contribution in [1.29, 1.82) is 0 Å². The van der Waals surface area contributed by atoms with E-state index in [9.17, 15) is 0 Å². The van der Waals surface area contributed by atoms with Crippen LogP contribution in [0.3, 0.4) is 0 Å². The van der Waals surface area contributed by atoms with Crippen molar-refractivity contribution in [1.82, 2.24) is 10.2 Å². The maximum atomic E-state index is 5.22. The molecule has 0 amide bonds. The lowest BCUT2D eigenvalue weighted by Crippen LogP contribution is -2.52. The normalized spacial score (nSPS) is 19.3. The summed E-state index contributed by atoms with van der Waals surface area (Å²) in [5.41, 5.74) is 1.30. The fourth-order valence-electron chi connectivity index (χ4n) is 3.03. The first-order chi connectivity index (χ1) is 10.2. The molecule has 1 heterocycles. The second-order valence-electron chi connectivity index (χ2n) is 6.00. The molecule has 2 unspecified atom stereocenters. The standard InChI is InChI=1S/C17H29N3O/c1-14(13-18-3)15(2)19-9-11-20(12-10-19)16-5-7-17(21-4)8-6-16/h5-8,14-15,18H,9-13H2,1-4H3. The van der Waals surface area contributed by atoms with Gasteiger partial charge in [0, 0.05) is 37.9 Å². The lowest BCUT2D eigenvalue weighted by Gasteiger charge is -2.41. The number of rotatable bonds is 6. The predicted molar refractivity (Wildman–Crippen MR) is 89.3 cm³/mol. The summed E-state index contributed by atoms with van der Waals surface area (Å²) in [6, 6.07) is 9.03. The molecule has 2 rings (SSSR count). The average molecular weight is 291 g/mol. The summed E-state index contributed by atoms with van der Waals surface area (Å²) in [7, 11) is 3.74. The van der Waals surface area contributed by atoms with Crippen LogP contribution in [0.25, 0.3) is 0 Å².